The van der Waals surface area contributed by atoms with Gasteiger partial charge in [0, 0.05) is 1.43 Å². The maximum absolute atomic E-state index is 3.11. The number of nitrogens with one attached hydrogen (secondary N) is 1. The van der Waals surface area contributed by atoms with E-state index in [1.807, 2.05) is 0 Å². The first-order valence-corrected chi connectivity index (χ1v) is 2.12. The van der Waals surface area contributed by atoms with Gasteiger partial charge in [0.15, 0.2) is 0 Å². The van der Waals surface area contributed by atoms with Gasteiger partial charge in [-0.3, -0.25) is 0 Å². The zero-order valence-corrected chi connectivity index (χ0v) is 3.91. The molecular weight excluding hydrogens is 62.1 g/mol. The molecule has 1 N–H and O–H groups in total. The lowest BCUT2D eigenvalue weighted by molar-refractivity contribution is 0.762. The van der Waals surface area contributed by atoms with Crippen molar-refractivity contribution >= 4 is 0 Å². The molecule has 0 heterocycles. The molecule has 0 saturated carbocycles. The quantitative estimate of drug-likeness (QED) is 0.513. The summed E-state index contributed by atoms with van der Waals surface area (Å²) in [5, 5.41) is 3.11. The number of hydrogen-bond donors (Lipinski definition) is 1. The van der Waals surface area contributed by atoms with E-state index in [0.717, 1.165) is 13.1 Å². The summed E-state index contributed by atoms with van der Waals surface area (Å²) in [6.07, 6.45) is 0. The Bertz CT molecular complexity index is 15.0. The monoisotopic (exact) mass is 75.1 g/mol. The lowest BCUT2D eigenvalue weighted by Gasteiger charge is -1.86. The molecule has 0 spiro atoms. The molecule has 0 rings (SSSR count). The number of rotatable bonds is 2. The predicted octanol–water partition coefficient (Wildman–Crippen LogP) is 0.862. The van der Waals surface area contributed by atoms with Crippen LogP contribution in [-0.4, -0.2) is 13.1 Å². The SMILES string of the molecule is CCNCC.[HH]. The molecule has 0 amide bonds. The minimum atomic E-state index is 0. The Hall–Kier alpha value is -0.0400. The fourth-order valence-electron chi connectivity index (χ4n) is 0.250. The summed E-state index contributed by atoms with van der Waals surface area (Å²) in [5.74, 6) is 0. The average Bonchev–Trinajstić information content (AvgIpc) is 1.41. The van der Waals surface area contributed by atoms with Gasteiger partial charge in [-0.05, 0) is 13.1 Å². The molecule has 0 aromatic carbocycles. The molecule has 1 heteroatoms. The topological polar surface area (TPSA) is 12.0 Å². The average molecular weight is 75.2 g/mol. The summed E-state index contributed by atoms with van der Waals surface area (Å²) in [6, 6.07) is 0. The smallest absolute Gasteiger partial charge is 0 e. The highest BCUT2D eigenvalue weighted by Gasteiger charge is 1.62. The molecule has 1 nitrogen and oxygen atoms in total. The van der Waals surface area contributed by atoms with Crippen LogP contribution in [0.5, 0.6) is 0 Å². The Balaban J connectivity index is 0. The highest BCUT2D eigenvalue weighted by atomic mass is 14.8. The molecule has 0 aliphatic heterocycles. The van der Waals surface area contributed by atoms with Crippen LogP contribution >= 0.6 is 0 Å². The molecule has 0 fully saturated rings. The third-order valence-corrected chi connectivity index (χ3v) is 0.500. The Morgan fingerprint density at radius 3 is 1.80 bits per heavy atom. The van der Waals surface area contributed by atoms with Crippen LogP contribution in [0.4, 0.5) is 0 Å². The highest BCUT2D eigenvalue weighted by molar-refractivity contribution is 4.27. The maximum atomic E-state index is 3.11. The van der Waals surface area contributed by atoms with Crippen LogP contribution in [-0.2, 0) is 0 Å². The van der Waals surface area contributed by atoms with E-state index in [4.69, 9.17) is 0 Å². The van der Waals surface area contributed by atoms with Crippen molar-refractivity contribution in [2.45, 2.75) is 13.8 Å². The Morgan fingerprint density at radius 2 is 1.80 bits per heavy atom. The van der Waals surface area contributed by atoms with Gasteiger partial charge >= 0.3 is 0 Å². The normalized spacial score (nSPS) is 8.40. The maximum Gasteiger partial charge on any atom is 0 e. The predicted molar refractivity (Wildman–Crippen MR) is 26.3 cm³/mol. The van der Waals surface area contributed by atoms with Gasteiger partial charge in [-0.25, -0.2) is 0 Å². The lowest BCUT2D eigenvalue weighted by Crippen LogP contribution is -2.09. The van der Waals surface area contributed by atoms with Gasteiger partial charge in [-0.2, -0.15) is 0 Å². The third kappa shape index (κ3) is 3.96. The summed E-state index contributed by atoms with van der Waals surface area (Å²) >= 11 is 0. The molecule has 0 aromatic rings. The molecular formula is C4H13N. The van der Waals surface area contributed by atoms with Crippen LogP contribution in [0.1, 0.15) is 15.3 Å². The van der Waals surface area contributed by atoms with Gasteiger partial charge in [0.25, 0.3) is 0 Å². The van der Waals surface area contributed by atoms with Crippen molar-refractivity contribution in [2.75, 3.05) is 13.1 Å². The molecule has 0 aliphatic rings. The van der Waals surface area contributed by atoms with E-state index >= 15 is 0 Å². The van der Waals surface area contributed by atoms with Gasteiger partial charge in [0.1, 0.15) is 0 Å². The van der Waals surface area contributed by atoms with Gasteiger partial charge in [-0.15, -0.1) is 0 Å². The molecule has 0 radical (unpaired) electrons. The summed E-state index contributed by atoms with van der Waals surface area (Å²) in [6.45, 7) is 6.39. The van der Waals surface area contributed by atoms with Crippen LogP contribution in [0.25, 0.3) is 0 Å². The molecule has 0 saturated heterocycles. The first kappa shape index (κ1) is 4.96. The van der Waals surface area contributed by atoms with E-state index in [2.05, 4.69) is 19.2 Å². The second kappa shape index (κ2) is 3.96. The van der Waals surface area contributed by atoms with Gasteiger partial charge in [0.2, 0.25) is 0 Å². The lowest BCUT2D eigenvalue weighted by atomic mass is 10.7. The summed E-state index contributed by atoms with van der Waals surface area (Å²) in [5.41, 5.74) is 0. The summed E-state index contributed by atoms with van der Waals surface area (Å²) in [4.78, 5) is 0. The Kier molecular flexibility index (Phi) is 3.93. The van der Waals surface area contributed by atoms with E-state index in [-0.39, 0.29) is 1.43 Å². The second-order valence-electron chi connectivity index (χ2n) is 0.957. The molecule has 0 aliphatic carbocycles. The zero-order valence-electron chi connectivity index (χ0n) is 3.91. The van der Waals surface area contributed by atoms with Crippen molar-refractivity contribution in [3.63, 3.8) is 0 Å². The van der Waals surface area contributed by atoms with E-state index < -0.39 is 0 Å². The second-order valence-corrected chi connectivity index (χ2v) is 0.957. The van der Waals surface area contributed by atoms with Crippen molar-refractivity contribution in [2.24, 2.45) is 0 Å². The van der Waals surface area contributed by atoms with Crippen molar-refractivity contribution in [3.05, 3.63) is 0 Å². The molecule has 0 unspecified atom stereocenters. The minimum Gasteiger partial charge on any atom is -0.317 e. The van der Waals surface area contributed by atoms with Gasteiger partial charge in [-0.1, -0.05) is 13.8 Å². The van der Waals surface area contributed by atoms with Gasteiger partial charge in [0.05, 0.1) is 0 Å². The van der Waals surface area contributed by atoms with Gasteiger partial charge < -0.3 is 5.32 Å². The fourth-order valence-corrected chi connectivity index (χ4v) is 0.250. The standard InChI is InChI=1S/C4H11N.H2/c1-3-5-4-2;/h5H,3-4H2,1-2H3;1H. The summed E-state index contributed by atoms with van der Waals surface area (Å²) in [7, 11) is 0. The van der Waals surface area contributed by atoms with Crippen LogP contribution in [0.3, 0.4) is 0 Å². The zero-order chi connectivity index (χ0) is 4.12. The van der Waals surface area contributed by atoms with E-state index in [1.165, 1.54) is 0 Å². The Morgan fingerprint density at radius 1 is 1.40 bits per heavy atom. The van der Waals surface area contributed by atoms with Crippen molar-refractivity contribution < 1.29 is 1.43 Å². The van der Waals surface area contributed by atoms with Crippen LogP contribution in [0.15, 0.2) is 0 Å². The molecule has 0 aromatic heterocycles. The van der Waals surface area contributed by atoms with Crippen molar-refractivity contribution in [1.82, 2.24) is 5.32 Å². The highest BCUT2D eigenvalue weighted by Crippen LogP contribution is 1.47. The molecule has 34 valence electrons. The van der Waals surface area contributed by atoms with Crippen molar-refractivity contribution in [1.29, 1.82) is 0 Å². The largest absolute Gasteiger partial charge is 0.317 e. The molecule has 0 bridgehead atoms. The first-order valence-electron chi connectivity index (χ1n) is 2.12. The van der Waals surface area contributed by atoms with E-state index in [9.17, 15) is 0 Å². The first-order chi connectivity index (χ1) is 2.41. The number of hydrogen-bond acceptors (Lipinski definition) is 1. The third-order valence-electron chi connectivity index (χ3n) is 0.500. The van der Waals surface area contributed by atoms with Crippen LogP contribution < -0.4 is 5.32 Å². The Labute approximate surface area is 34.9 Å². The summed E-state index contributed by atoms with van der Waals surface area (Å²) < 4.78 is 0. The molecule has 5 heavy (non-hydrogen) atoms. The minimum absolute atomic E-state index is 0. The van der Waals surface area contributed by atoms with E-state index in [0.29, 0.717) is 0 Å². The molecule has 0 atom stereocenters. The van der Waals surface area contributed by atoms with Crippen molar-refractivity contribution in [3.8, 4) is 0 Å². The fraction of sp³-hybridized carbons (Fsp3) is 1.00. The van der Waals surface area contributed by atoms with Crippen LogP contribution in [0.2, 0.25) is 0 Å². The van der Waals surface area contributed by atoms with Crippen LogP contribution in [0, 0.1) is 0 Å². The van der Waals surface area contributed by atoms with E-state index in [1.54, 1.807) is 0 Å².